The third-order valence-electron chi connectivity index (χ3n) is 1.81. The van der Waals surface area contributed by atoms with Crippen LogP contribution in [0.15, 0.2) is 0 Å². The zero-order valence-electron chi connectivity index (χ0n) is 8.27. The standard InChI is InChI=1S/C7H16NO5P/c1-3-13-6(9)4-5-7(2,8)14(10,11)12/h3-5,8H2,1-2H3,(H2,10,11,12). The first kappa shape index (κ1) is 13.6. The summed E-state index contributed by atoms with van der Waals surface area (Å²) in [5, 5.41) is -1.67. The third-order valence-corrected chi connectivity index (χ3v) is 3.36. The highest BCUT2D eigenvalue weighted by Gasteiger charge is 2.38. The van der Waals surface area contributed by atoms with Crippen LogP contribution in [0.2, 0.25) is 0 Å². The normalized spacial score (nSPS) is 16.1. The van der Waals surface area contributed by atoms with Gasteiger partial charge in [-0.2, -0.15) is 0 Å². The molecule has 14 heavy (non-hydrogen) atoms. The minimum Gasteiger partial charge on any atom is -0.466 e. The number of ether oxygens (including phenoxy) is 1. The van der Waals surface area contributed by atoms with Crippen molar-refractivity contribution in [2.45, 2.75) is 32.0 Å². The van der Waals surface area contributed by atoms with Crippen LogP contribution in [0.4, 0.5) is 0 Å². The van der Waals surface area contributed by atoms with E-state index in [2.05, 4.69) is 4.74 Å². The Bertz CT molecular complexity index is 246. The Morgan fingerprint density at radius 1 is 1.57 bits per heavy atom. The molecule has 0 amide bonds. The van der Waals surface area contributed by atoms with Crippen LogP contribution in [0.3, 0.4) is 0 Å². The number of carbonyl (C=O) groups excluding carboxylic acids is 1. The quantitative estimate of drug-likeness (QED) is 0.455. The van der Waals surface area contributed by atoms with Crippen molar-refractivity contribution >= 4 is 13.6 Å². The molecule has 0 aliphatic carbocycles. The average molecular weight is 225 g/mol. The summed E-state index contributed by atoms with van der Waals surface area (Å²) >= 11 is 0. The molecule has 0 heterocycles. The van der Waals surface area contributed by atoms with Gasteiger partial charge >= 0.3 is 13.6 Å². The molecule has 7 heteroatoms. The summed E-state index contributed by atoms with van der Waals surface area (Å²) in [6.45, 7) is 3.12. The second-order valence-corrected chi connectivity index (χ2v) is 5.32. The smallest absolute Gasteiger partial charge is 0.344 e. The molecule has 0 aromatic heterocycles. The van der Waals surface area contributed by atoms with Crippen molar-refractivity contribution in [3.05, 3.63) is 0 Å². The zero-order chi connectivity index (χ0) is 11.4. The fourth-order valence-electron chi connectivity index (χ4n) is 0.734. The zero-order valence-corrected chi connectivity index (χ0v) is 9.16. The van der Waals surface area contributed by atoms with Crippen molar-refractivity contribution in [2.24, 2.45) is 5.73 Å². The van der Waals surface area contributed by atoms with Gasteiger partial charge in [-0.05, 0) is 20.3 Å². The highest BCUT2D eigenvalue weighted by Crippen LogP contribution is 2.49. The molecule has 0 radical (unpaired) electrons. The molecule has 0 spiro atoms. The molecule has 84 valence electrons. The Hall–Kier alpha value is -0.420. The van der Waals surface area contributed by atoms with Crippen LogP contribution in [-0.4, -0.2) is 27.6 Å². The summed E-state index contributed by atoms with van der Waals surface area (Å²) in [4.78, 5) is 28.5. The van der Waals surface area contributed by atoms with Crippen LogP contribution in [-0.2, 0) is 14.1 Å². The van der Waals surface area contributed by atoms with Crippen LogP contribution in [0.5, 0.6) is 0 Å². The molecule has 4 N–H and O–H groups in total. The van der Waals surface area contributed by atoms with Crippen molar-refractivity contribution in [3.8, 4) is 0 Å². The van der Waals surface area contributed by atoms with E-state index in [-0.39, 0.29) is 19.4 Å². The SMILES string of the molecule is CCOC(=O)CCC(C)(N)P(=O)(O)O. The molecule has 0 saturated heterocycles. The Morgan fingerprint density at radius 2 is 2.07 bits per heavy atom. The predicted molar refractivity (Wildman–Crippen MR) is 50.5 cm³/mol. The van der Waals surface area contributed by atoms with Gasteiger partial charge in [0.15, 0.2) is 0 Å². The lowest BCUT2D eigenvalue weighted by Crippen LogP contribution is -2.36. The molecular formula is C7H16NO5P. The Kier molecular flexibility index (Phi) is 4.74. The summed E-state index contributed by atoms with van der Waals surface area (Å²) < 4.78 is 15.4. The predicted octanol–water partition coefficient (Wildman–Crippen LogP) is 0.182. The lowest BCUT2D eigenvalue weighted by atomic mass is 10.2. The first-order valence-electron chi connectivity index (χ1n) is 4.21. The van der Waals surface area contributed by atoms with Crippen LogP contribution in [0.25, 0.3) is 0 Å². The van der Waals surface area contributed by atoms with Crippen LogP contribution < -0.4 is 5.73 Å². The Morgan fingerprint density at radius 3 is 2.43 bits per heavy atom. The van der Waals surface area contributed by atoms with E-state index in [0.29, 0.717) is 0 Å². The van der Waals surface area contributed by atoms with Crippen molar-refractivity contribution in [1.29, 1.82) is 0 Å². The maximum Gasteiger partial charge on any atom is 0.344 e. The molecule has 0 saturated carbocycles. The van der Waals surface area contributed by atoms with Gasteiger partial charge in [-0.25, -0.2) is 0 Å². The van der Waals surface area contributed by atoms with Crippen molar-refractivity contribution < 1.29 is 23.9 Å². The summed E-state index contributed by atoms with van der Waals surface area (Å²) in [5.41, 5.74) is 5.37. The highest BCUT2D eigenvalue weighted by atomic mass is 31.2. The van der Waals surface area contributed by atoms with E-state index in [4.69, 9.17) is 15.5 Å². The van der Waals surface area contributed by atoms with Gasteiger partial charge in [-0.15, -0.1) is 0 Å². The van der Waals surface area contributed by atoms with E-state index in [0.717, 1.165) is 0 Å². The van der Waals surface area contributed by atoms with E-state index >= 15 is 0 Å². The van der Waals surface area contributed by atoms with Gasteiger partial charge in [0.05, 0.1) is 6.61 Å². The van der Waals surface area contributed by atoms with Crippen LogP contribution >= 0.6 is 7.60 Å². The largest absolute Gasteiger partial charge is 0.466 e. The second-order valence-electron chi connectivity index (χ2n) is 3.21. The number of rotatable bonds is 5. The van der Waals surface area contributed by atoms with Gasteiger partial charge in [0.1, 0.15) is 5.28 Å². The fourth-order valence-corrected chi connectivity index (χ4v) is 1.14. The minimum atomic E-state index is -4.37. The van der Waals surface area contributed by atoms with Crippen LogP contribution in [0.1, 0.15) is 26.7 Å². The fraction of sp³-hybridized carbons (Fsp3) is 0.857. The molecular weight excluding hydrogens is 209 g/mol. The van der Waals surface area contributed by atoms with Crippen molar-refractivity contribution in [1.82, 2.24) is 0 Å². The van der Waals surface area contributed by atoms with Gasteiger partial charge in [0, 0.05) is 6.42 Å². The van der Waals surface area contributed by atoms with E-state index < -0.39 is 18.8 Å². The maximum absolute atomic E-state index is 10.9. The number of hydrogen-bond acceptors (Lipinski definition) is 4. The molecule has 0 aromatic rings. The van der Waals surface area contributed by atoms with E-state index in [1.807, 2.05) is 0 Å². The van der Waals surface area contributed by atoms with E-state index in [9.17, 15) is 9.36 Å². The van der Waals surface area contributed by atoms with Gasteiger partial charge in [0.2, 0.25) is 0 Å². The molecule has 0 aliphatic rings. The summed E-state index contributed by atoms with van der Waals surface area (Å²) in [6.07, 6.45) is -0.192. The molecule has 1 unspecified atom stereocenters. The highest BCUT2D eigenvalue weighted by molar-refractivity contribution is 7.53. The average Bonchev–Trinajstić information content (AvgIpc) is 1.99. The Balaban J connectivity index is 4.13. The van der Waals surface area contributed by atoms with Gasteiger partial charge < -0.3 is 20.3 Å². The molecule has 0 fully saturated rings. The molecule has 1 atom stereocenters. The topological polar surface area (TPSA) is 110 Å². The first-order valence-corrected chi connectivity index (χ1v) is 5.82. The molecule has 0 bridgehead atoms. The minimum absolute atomic E-state index is 0.0913. The van der Waals surface area contributed by atoms with E-state index in [1.165, 1.54) is 6.92 Å². The molecule has 0 rings (SSSR count). The Labute approximate surface area is 82.6 Å². The van der Waals surface area contributed by atoms with Gasteiger partial charge in [-0.3, -0.25) is 9.36 Å². The number of esters is 1. The summed E-state index contributed by atoms with van der Waals surface area (Å²) in [6, 6.07) is 0. The number of carbonyl (C=O) groups is 1. The van der Waals surface area contributed by atoms with Crippen molar-refractivity contribution in [2.75, 3.05) is 6.61 Å². The summed E-state index contributed by atoms with van der Waals surface area (Å²) in [7, 11) is -4.37. The molecule has 0 aliphatic heterocycles. The number of nitrogens with two attached hydrogens (primary N) is 1. The van der Waals surface area contributed by atoms with Crippen LogP contribution in [0, 0.1) is 0 Å². The summed E-state index contributed by atoms with van der Waals surface area (Å²) in [5.74, 6) is -0.502. The third kappa shape index (κ3) is 4.19. The second kappa shape index (κ2) is 4.89. The molecule has 0 aromatic carbocycles. The lowest BCUT2D eigenvalue weighted by molar-refractivity contribution is -0.143. The maximum atomic E-state index is 10.9. The van der Waals surface area contributed by atoms with E-state index in [1.54, 1.807) is 6.92 Å². The van der Waals surface area contributed by atoms with Gasteiger partial charge in [-0.1, -0.05) is 0 Å². The monoisotopic (exact) mass is 225 g/mol. The van der Waals surface area contributed by atoms with Gasteiger partial charge in [0.25, 0.3) is 0 Å². The molecule has 6 nitrogen and oxygen atoms in total. The number of hydrogen-bond donors (Lipinski definition) is 3. The first-order chi connectivity index (χ1) is 6.20. The lowest BCUT2D eigenvalue weighted by Gasteiger charge is -2.24. The van der Waals surface area contributed by atoms with Crippen molar-refractivity contribution in [3.63, 3.8) is 0 Å².